The Morgan fingerprint density at radius 3 is 1.89 bits per heavy atom. The lowest BCUT2D eigenvalue weighted by Crippen LogP contribution is -2.10. The monoisotopic (exact) mass is 515 g/mol. The van der Waals surface area contributed by atoms with Gasteiger partial charge in [-0.25, -0.2) is 4.98 Å². The first-order chi connectivity index (χ1) is 18.1. The van der Waals surface area contributed by atoms with Gasteiger partial charge < -0.3 is 4.57 Å². The van der Waals surface area contributed by atoms with Gasteiger partial charge in [0.25, 0.3) is 0 Å². The molecule has 0 atom stereocenters. The van der Waals surface area contributed by atoms with Crippen LogP contribution in [-0.4, -0.2) is 14.1 Å². The van der Waals surface area contributed by atoms with E-state index in [9.17, 15) is 0 Å². The Balaban J connectivity index is 1.49. The summed E-state index contributed by atoms with van der Waals surface area (Å²) in [5.41, 5.74) is 9.98. The van der Waals surface area contributed by atoms with Gasteiger partial charge in [0.05, 0.1) is 33.5 Å². The molecule has 38 heavy (non-hydrogen) atoms. The molecule has 0 fully saturated rings. The molecule has 3 nitrogen and oxygen atoms in total. The molecule has 3 heterocycles. The first-order valence-electron chi connectivity index (χ1n) is 13.4. The van der Waals surface area contributed by atoms with Gasteiger partial charge in [0.15, 0.2) is 0 Å². The van der Waals surface area contributed by atoms with Gasteiger partial charge in [0.1, 0.15) is 5.82 Å². The Labute approximate surface area is 228 Å². The molecule has 7 rings (SSSR count). The number of nitrogens with zero attached hydrogens (tertiary/aromatic N) is 3. The summed E-state index contributed by atoms with van der Waals surface area (Å²) >= 11 is 1.87. The van der Waals surface area contributed by atoms with Crippen LogP contribution >= 0.6 is 11.8 Å². The molecule has 0 unspecified atom stereocenters. The second-order valence-corrected chi connectivity index (χ2v) is 13.6. The summed E-state index contributed by atoms with van der Waals surface area (Å²) in [5, 5.41) is 2.63. The van der Waals surface area contributed by atoms with E-state index in [0.29, 0.717) is 0 Å². The molecule has 4 heteroatoms. The van der Waals surface area contributed by atoms with Crippen molar-refractivity contribution in [2.45, 2.75) is 63.0 Å². The van der Waals surface area contributed by atoms with Crippen molar-refractivity contribution in [1.82, 2.24) is 14.1 Å². The second kappa shape index (κ2) is 8.00. The summed E-state index contributed by atoms with van der Waals surface area (Å²) in [5.74, 6) is 2.01. The van der Waals surface area contributed by atoms with Crippen molar-refractivity contribution < 1.29 is 0 Å². The van der Waals surface area contributed by atoms with Crippen LogP contribution in [0.2, 0.25) is 0 Å². The van der Waals surface area contributed by atoms with Gasteiger partial charge in [-0.2, -0.15) is 0 Å². The maximum Gasteiger partial charge on any atom is 0.124 e. The molecule has 190 valence electrons. The average molecular weight is 516 g/mol. The molecule has 0 aliphatic carbocycles. The zero-order valence-electron chi connectivity index (χ0n) is 23.0. The number of hydrogen-bond acceptors (Lipinski definition) is 2. The fraction of sp³-hybridized carbons (Fsp3) is 0.265. The Morgan fingerprint density at radius 2 is 1.26 bits per heavy atom. The van der Waals surface area contributed by atoms with E-state index in [4.69, 9.17) is 4.98 Å². The molecule has 2 aromatic heterocycles. The van der Waals surface area contributed by atoms with E-state index in [-0.39, 0.29) is 10.8 Å². The van der Waals surface area contributed by atoms with Crippen molar-refractivity contribution in [3.63, 3.8) is 0 Å². The third kappa shape index (κ3) is 3.54. The van der Waals surface area contributed by atoms with Crippen LogP contribution in [0.3, 0.4) is 0 Å². The Morgan fingerprint density at radius 1 is 0.658 bits per heavy atom. The van der Waals surface area contributed by atoms with Crippen LogP contribution in [0.15, 0.2) is 83.8 Å². The number of fused-ring (bicyclic) bond motifs is 8. The average Bonchev–Trinajstić information content (AvgIpc) is 3.42. The van der Waals surface area contributed by atoms with E-state index in [2.05, 4.69) is 130 Å². The molecule has 0 amide bonds. The summed E-state index contributed by atoms with van der Waals surface area (Å²) in [6, 6.07) is 29.4. The quantitative estimate of drug-likeness (QED) is 0.218. The zero-order chi connectivity index (χ0) is 26.4. The highest BCUT2D eigenvalue weighted by Gasteiger charge is 2.23. The van der Waals surface area contributed by atoms with Gasteiger partial charge in [0.2, 0.25) is 0 Å². The highest BCUT2D eigenvalue weighted by molar-refractivity contribution is 7.98. The van der Waals surface area contributed by atoms with E-state index >= 15 is 0 Å². The van der Waals surface area contributed by atoms with E-state index in [1.165, 1.54) is 49.0 Å². The van der Waals surface area contributed by atoms with Crippen LogP contribution in [-0.2, 0) is 16.6 Å². The van der Waals surface area contributed by atoms with E-state index in [1.54, 1.807) is 0 Å². The zero-order valence-corrected chi connectivity index (χ0v) is 23.8. The number of hydrogen-bond donors (Lipinski definition) is 0. The van der Waals surface area contributed by atoms with Gasteiger partial charge in [-0.05, 0) is 76.6 Å². The number of imidazole rings is 1. The molecule has 0 saturated carbocycles. The van der Waals surface area contributed by atoms with Crippen molar-refractivity contribution in [3.8, 4) is 11.4 Å². The van der Waals surface area contributed by atoms with Gasteiger partial charge >= 0.3 is 0 Å². The lowest BCUT2D eigenvalue weighted by molar-refractivity contribution is 0.590. The van der Waals surface area contributed by atoms with E-state index in [1.807, 2.05) is 11.8 Å². The predicted octanol–water partition coefficient (Wildman–Crippen LogP) is 9.32. The lowest BCUT2D eigenvalue weighted by atomic mass is 9.85. The summed E-state index contributed by atoms with van der Waals surface area (Å²) in [6.07, 6.45) is 0. The molecule has 0 saturated heterocycles. The van der Waals surface area contributed by atoms with Crippen LogP contribution in [0, 0.1) is 0 Å². The maximum absolute atomic E-state index is 5.10. The summed E-state index contributed by atoms with van der Waals surface area (Å²) in [7, 11) is 0. The molecule has 1 aliphatic rings. The van der Waals surface area contributed by atoms with Crippen molar-refractivity contribution in [2.75, 3.05) is 0 Å². The van der Waals surface area contributed by atoms with Crippen molar-refractivity contribution in [2.24, 2.45) is 0 Å². The molecular weight excluding hydrogens is 482 g/mol. The fourth-order valence-electron chi connectivity index (χ4n) is 5.76. The molecule has 1 aliphatic heterocycles. The normalized spacial score (nSPS) is 13.8. The summed E-state index contributed by atoms with van der Waals surface area (Å²) < 4.78 is 4.76. The third-order valence-corrected chi connectivity index (χ3v) is 8.98. The molecule has 4 aromatic carbocycles. The minimum atomic E-state index is 0.0902. The van der Waals surface area contributed by atoms with Crippen molar-refractivity contribution in [3.05, 3.63) is 95.8 Å². The maximum atomic E-state index is 5.10. The van der Waals surface area contributed by atoms with Gasteiger partial charge in [-0.1, -0.05) is 65.8 Å². The number of aromatic nitrogens is 3. The highest BCUT2D eigenvalue weighted by atomic mass is 32.2. The highest BCUT2D eigenvalue weighted by Crippen LogP contribution is 2.40. The van der Waals surface area contributed by atoms with Crippen LogP contribution in [0.1, 0.15) is 58.5 Å². The topological polar surface area (TPSA) is 22.8 Å². The third-order valence-electron chi connectivity index (χ3n) is 7.93. The Kier molecular flexibility index (Phi) is 4.97. The van der Waals surface area contributed by atoms with Gasteiger partial charge in [-0.15, -0.1) is 11.8 Å². The predicted molar refractivity (Wildman–Crippen MR) is 162 cm³/mol. The lowest BCUT2D eigenvalue weighted by Gasteiger charge is -2.19. The first-order valence-corrected chi connectivity index (χ1v) is 14.4. The minimum absolute atomic E-state index is 0.0902. The molecule has 0 spiro atoms. The number of rotatable bonds is 1. The fourth-order valence-corrected chi connectivity index (χ4v) is 6.72. The summed E-state index contributed by atoms with van der Waals surface area (Å²) in [6.45, 7) is 13.7. The Bertz CT molecular complexity index is 1820. The Hall–Kier alpha value is -3.50. The molecule has 6 aromatic rings. The van der Waals surface area contributed by atoms with E-state index < -0.39 is 0 Å². The first kappa shape index (κ1) is 23.6. The number of thioether (sulfide) groups is 1. The van der Waals surface area contributed by atoms with Crippen LogP contribution < -0.4 is 0 Å². The van der Waals surface area contributed by atoms with Crippen LogP contribution in [0.25, 0.3) is 44.2 Å². The molecule has 0 bridgehead atoms. The van der Waals surface area contributed by atoms with Crippen molar-refractivity contribution >= 4 is 44.6 Å². The van der Waals surface area contributed by atoms with Crippen LogP contribution in [0.4, 0.5) is 0 Å². The minimum Gasteiger partial charge on any atom is -0.309 e. The smallest absolute Gasteiger partial charge is 0.124 e. The molecular formula is C34H33N3S. The molecule has 0 radical (unpaired) electrons. The number of para-hydroxylation sites is 1. The van der Waals surface area contributed by atoms with Crippen molar-refractivity contribution in [1.29, 1.82) is 0 Å². The number of benzene rings is 4. The standard InChI is InChI=1S/C34H33N3S/c1-33(2,3)21-11-14-27-24(17-21)25-18-22(34(4,5)6)12-15-28(25)36(27)23-13-16-29-26(19-23)35-32-20-38-31-10-8-7-9-30(31)37(29)32/h7-19H,20H2,1-6H3. The second-order valence-electron chi connectivity index (χ2n) is 12.6. The summed E-state index contributed by atoms with van der Waals surface area (Å²) in [4.78, 5) is 6.42. The van der Waals surface area contributed by atoms with E-state index in [0.717, 1.165) is 22.8 Å². The largest absolute Gasteiger partial charge is 0.309 e. The van der Waals surface area contributed by atoms with Gasteiger partial charge in [-0.3, -0.25) is 4.57 Å². The van der Waals surface area contributed by atoms with Crippen LogP contribution in [0.5, 0.6) is 0 Å². The molecule has 0 N–H and O–H groups in total. The van der Waals surface area contributed by atoms with Gasteiger partial charge in [0, 0.05) is 21.4 Å². The SMILES string of the molecule is CC(C)(C)c1ccc2c(c1)c1cc(C(C)(C)C)ccc1n2-c1ccc2c(c1)nc1n2-c2ccccc2SC1.